The third-order valence-corrected chi connectivity index (χ3v) is 3.85. The quantitative estimate of drug-likeness (QED) is 0.683. The lowest BCUT2D eigenvalue weighted by Gasteiger charge is -2.08. The number of carbonyl (C=O) groups is 2. The fraction of sp³-hybridized carbons (Fsp3) is 0.294. The fourth-order valence-electron chi connectivity index (χ4n) is 1.95. The molecule has 0 aliphatic rings. The Bertz CT molecular complexity index is 662. The zero-order chi connectivity index (χ0) is 17.2. The van der Waals surface area contributed by atoms with Crippen molar-refractivity contribution in [3.05, 3.63) is 52.5 Å². The Kier molecular flexibility index (Phi) is 7.22. The zero-order valence-corrected chi connectivity index (χ0v) is 13.9. The van der Waals surface area contributed by atoms with E-state index in [1.807, 2.05) is 5.38 Å². The van der Waals surface area contributed by atoms with E-state index in [0.29, 0.717) is 31.5 Å². The van der Waals surface area contributed by atoms with Crippen LogP contribution in [0.5, 0.6) is 5.75 Å². The summed E-state index contributed by atoms with van der Waals surface area (Å²) in [4.78, 5) is 23.3. The van der Waals surface area contributed by atoms with Crippen molar-refractivity contribution in [3.8, 4) is 5.75 Å². The molecule has 0 fully saturated rings. The van der Waals surface area contributed by atoms with Crippen LogP contribution in [0, 0.1) is 5.82 Å². The van der Waals surface area contributed by atoms with Crippen LogP contribution in [-0.4, -0.2) is 31.5 Å². The molecule has 2 N–H and O–H groups in total. The molecule has 0 aliphatic carbocycles. The Labute approximate surface area is 143 Å². The lowest BCUT2D eigenvalue weighted by atomic mass is 10.2. The number of thiophene rings is 1. The average Bonchev–Trinajstić information content (AvgIpc) is 3.11. The lowest BCUT2D eigenvalue weighted by Crippen LogP contribution is -2.29. The molecule has 0 radical (unpaired) electrons. The molecular weight excluding hydrogens is 331 g/mol. The van der Waals surface area contributed by atoms with Crippen LogP contribution >= 0.6 is 11.3 Å². The van der Waals surface area contributed by atoms with Crippen molar-refractivity contribution in [2.24, 2.45) is 0 Å². The molecule has 128 valence electrons. The third-order valence-electron chi connectivity index (χ3n) is 3.17. The number of amides is 2. The first-order valence-corrected chi connectivity index (χ1v) is 8.55. The molecule has 1 heterocycles. The van der Waals surface area contributed by atoms with Gasteiger partial charge in [-0.2, -0.15) is 11.3 Å². The minimum atomic E-state index is -0.426. The molecule has 1 aromatic carbocycles. The predicted molar refractivity (Wildman–Crippen MR) is 90.8 cm³/mol. The number of rotatable bonds is 9. The van der Waals surface area contributed by atoms with E-state index in [9.17, 15) is 14.0 Å². The molecule has 2 amide bonds. The molecule has 0 spiro atoms. The van der Waals surface area contributed by atoms with E-state index in [1.165, 1.54) is 23.5 Å². The zero-order valence-electron chi connectivity index (χ0n) is 13.1. The number of para-hydroxylation sites is 1. The molecule has 0 bridgehead atoms. The molecule has 0 atom stereocenters. The number of nitrogens with one attached hydrogen (secondary N) is 2. The number of ether oxygens (including phenoxy) is 1. The van der Waals surface area contributed by atoms with Gasteiger partial charge >= 0.3 is 0 Å². The maximum atomic E-state index is 13.3. The maximum absolute atomic E-state index is 13.3. The molecule has 1 aromatic heterocycles. The van der Waals surface area contributed by atoms with E-state index < -0.39 is 5.82 Å². The van der Waals surface area contributed by atoms with Gasteiger partial charge in [-0.05, 0) is 30.0 Å². The van der Waals surface area contributed by atoms with Gasteiger partial charge in [-0.3, -0.25) is 9.59 Å². The fourth-order valence-corrected chi connectivity index (χ4v) is 2.58. The van der Waals surface area contributed by atoms with E-state index in [2.05, 4.69) is 10.6 Å². The summed E-state index contributed by atoms with van der Waals surface area (Å²) >= 11 is 1.46. The summed E-state index contributed by atoms with van der Waals surface area (Å²) in [5, 5.41) is 9.06. The number of halogens is 1. The van der Waals surface area contributed by atoms with Crippen LogP contribution in [0.15, 0.2) is 41.1 Å². The van der Waals surface area contributed by atoms with E-state index in [1.54, 1.807) is 23.6 Å². The molecule has 0 saturated carbocycles. The molecule has 7 heteroatoms. The van der Waals surface area contributed by atoms with Crippen molar-refractivity contribution < 1.29 is 18.7 Å². The molecule has 24 heavy (non-hydrogen) atoms. The van der Waals surface area contributed by atoms with Crippen LogP contribution in [0.2, 0.25) is 0 Å². The van der Waals surface area contributed by atoms with Crippen molar-refractivity contribution in [1.82, 2.24) is 10.6 Å². The second-order valence-corrected chi connectivity index (χ2v) is 5.78. The third kappa shape index (κ3) is 6.00. The summed E-state index contributed by atoms with van der Waals surface area (Å²) in [6.45, 7) is 0.934. The minimum absolute atomic E-state index is 0.128. The molecule has 2 aromatic rings. The first kappa shape index (κ1) is 17.9. The molecule has 5 nitrogen and oxygen atoms in total. The number of benzene rings is 1. The van der Waals surface area contributed by atoms with Crippen LogP contribution in [0.25, 0.3) is 0 Å². The van der Waals surface area contributed by atoms with E-state index in [4.69, 9.17) is 4.74 Å². The summed E-state index contributed by atoms with van der Waals surface area (Å²) in [6.07, 6.45) is 0.861. The molecule has 0 saturated heterocycles. The highest BCUT2D eigenvalue weighted by Crippen LogP contribution is 2.14. The van der Waals surface area contributed by atoms with Gasteiger partial charge in [0.2, 0.25) is 5.91 Å². The molecule has 0 aliphatic heterocycles. The van der Waals surface area contributed by atoms with Gasteiger partial charge in [-0.1, -0.05) is 12.1 Å². The van der Waals surface area contributed by atoms with E-state index in [0.717, 1.165) is 0 Å². The first-order chi connectivity index (χ1) is 11.7. The second-order valence-electron chi connectivity index (χ2n) is 5.00. The molecular formula is C17H19FN2O3S. The highest BCUT2D eigenvalue weighted by Gasteiger charge is 2.06. The predicted octanol–water partition coefficient (Wildman–Crippen LogP) is 2.59. The maximum Gasteiger partial charge on any atom is 0.252 e. The Morgan fingerprint density at radius 1 is 1.12 bits per heavy atom. The van der Waals surface area contributed by atoms with Crippen LogP contribution in [0.3, 0.4) is 0 Å². The summed E-state index contributed by atoms with van der Waals surface area (Å²) in [5.41, 5.74) is 0.634. The van der Waals surface area contributed by atoms with E-state index >= 15 is 0 Å². The summed E-state index contributed by atoms with van der Waals surface area (Å²) < 4.78 is 18.5. The van der Waals surface area contributed by atoms with Gasteiger partial charge in [0.25, 0.3) is 5.91 Å². The van der Waals surface area contributed by atoms with Crippen molar-refractivity contribution >= 4 is 23.2 Å². The van der Waals surface area contributed by atoms with Gasteiger partial charge in [0, 0.05) is 23.9 Å². The summed E-state index contributed by atoms with van der Waals surface area (Å²) in [6, 6.07) is 7.87. The summed E-state index contributed by atoms with van der Waals surface area (Å²) in [7, 11) is 0. The van der Waals surface area contributed by atoms with Crippen molar-refractivity contribution in [1.29, 1.82) is 0 Å². The largest absolute Gasteiger partial charge is 0.489 e. The Morgan fingerprint density at radius 3 is 2.71 bits per heavy atom. The molecule has 2 rings (SSSR count). The Morgan fingerprint density at radius 2 is 1.96 bits per heavy atom. The van der Waals surface area contributed by atoms with Crippen molar-refractivity contribution in [2.75, 3.05) is 19.7 Å². The van der Waals surface area contributed by atoms with Crippen LogP contribution in [0.1, 0.15) is 23.2 Å². The highest BCUT2D eigenvalue weighted by molar-refractivity contribution is 7.08. The first-order valence-electron chi connectivity index (χ1n) is 7.61. The van der Waals surface area contributed by atoms with Gasteiger partial charge in [0.05, 0.1) is 6.54 Å². The smallest absolute Gasteiger partial charge is 0.252 e. The van der Waals surface area contributed by atoms with E-state index in [-0.39, 0.29) is 24.2 Å². The minimum Gasteiger partial charge on any atom is -0.489 e. The number of hydrogen-bond donors (Lipinski definition) is 2. The number of hydrogen-bond acceptors (Lipinski definition) is 4. The highest BCUT2D eigenvalue weighted by atomic mass is 32.1. The van der Waals surface area contributed by atoms with Gasteiger partial charge in [0.15, 0.2) is 11.6 Å². The standard InChI is InChI=1S/C17H19FN2O3S/c18-14-4-1-2-5-15(14)23-10-9-19-16(21)6-3-8-20-17(22)13-7-11-24-12-13/h1-2,4-5,7,11-12H,3,6,8-10H2,(H,19,21)(H,20,22). The van der Waals surface area contributed by atoms with Crippen molar-refractivity contribution in [2.45, 2.75) is 12.8 Å². The normalized spacial score (nSPS) is 10.2. The Balaban J connectivity index is 1.52. The van der Waals surface area contributed by atoms with Crippen LogP contribution in [-0.2, 0) is 4.79 Å². The Hall–Kier alpha value is -2.41. The molecule has 0 unspecified atom stereocenters. The average molecular weight is 350 g/mol. The monoisotopic (exact) mass is 350 g/mol. The number of carbonyl (C=O) groups excluding carboxylic acids is 2. The SMILES string of the molecule is O=C(CCCNC(=O)c1ccsc1)NCCOc1ccccc1F. The van der Waals surface area contributed by atoms with Crippen molar-refractivity contribution in [3.63, 3.8) is 0 Å². The second kappa shape index (κ2) is 9.67. The van der Waals surface area contributed by atoms with Gasteiger partial charge in [-0.15, -0.1) is 0 Å². The topological polar surface area (TPSA) is 67.4 Å². The van der Waals surface area contributed by atoms with Gasteiger partial charge in [0.1, 0.15) is 6.61 Å². The van der Waals surface area contributed by atoms with Crippen LogP contribution in [0.4, 0.5) is 4.39 Å². The van der Waals surface area contributed by atoms with Gasteiger partial charge in [-0.25, -0.2) is 4.39 Å². The lowest BCUT2D eigenvalue weighted by molar-refractivity contribution is -0.121. The summed E-state index contributed by atoms with van der Waals surface area (Å²) in [5.74, 6) is -0.514. The van der Waals surface area contributed by atoms with Crippen LogP contribution < -0.4 is 15.4 Å². The van der Waals surface area contributed by atoms with Gasteiger partial charge < -0.3 is 15.4 Å².